The fourth-order valence-electron chi connectivity index (χ4n) is 6.17. The molecule has 2 heteroatoms. The topological polar surface area (TPSA) is 24.7 Å². The van der Waals surface area contributed by atoms with Crippen LogP contribution in [0.2, 0.25) is 0 Å². The normalized spacial score (nSPS) is 19.5. The van der Waals surface area contributed by atoms with Crippen molar-refractivity contribution in [2.24, 2.45) is 9.98 Å². The molecule has 2 heterocycles. The van der Waals surface area contributed by atoms with Crippen LogP contribution >= 0.6 is 0 Å². The van der Waals surface area contributed by atoms with Crippen molar-refractivity contribution in [2.45, 2.75) is 45.4 Å². The summed E-state index contributed by atoms with van der Waals surface area (Å²) in [6.45, 7) is 8.49. The molecule has 222 valence electrons. The number of fused-ring (bicyclic) bond motifs is 2. The molecule has 0 bridgehead atoms. The Morgan fingerprint density at radius 2 is 1.42 bits per heavy atom. The van der Waals surface area contributed by atoms with Crippen LogP contribution in [0, 0.1) is 0 Å². The lowest BCUT2D eigenvalue weighted by atomic mass is 9.88. The molecule has 0 radical (unpaired) electrons. The van der Waals surface area contributed by atoms with Crippen molar-refractivity contribution in [1.82, 2.24) is 0 Å². The van der Waals surface area contributed by atoms with Gasteiger partial charge in [-0.2, -0.15) is 0 Å². The van der Waals surface area contributed by atoms with Gasteiger partial charge in [-0.15, -0.1) is 0 Å². The fourth-order valence-corrected chi connectivity index (χ4v) is 6.17. The number of aryl methyl sites for hydroxylation is 1. The smallest absolute Gasteiger partial charge is 0.0784 e. The van der Waals surface area contributed by atoms with Crippen molar-refractivity contribution in [1.29, 1.82) is 0 Å². The average Bonchev–Trinajstić information content (AvgIpc) is 3.17. The zero-order valence-electron chi connectivity index (χ0n) is 26.3. The van der Waals surface area contributed by atoms with Crippen LogP contribution < -0.4 is 0 Å². The Morgan fingerprint density at radius 3 is 2.20 bits per heavy atom. The van der Waals surface area contributed by atoms with Gasteiger partial charge in [0.15, 0.2) is 0 Å². The Kier molecular flexibility index (Phi) is 9.41. The van der Waals surface area contributed by atoms with Gasteiger partial charge in [-0.1, -0.05) is 141 Å². The third-order valence-electron chi connectivity index (χ3n) is 8.62. The second kappa shape index (κ2) is 14.1. The lowest BCUT2D eigenvalue weighted by Crippen LogP contribution is -2.09. The molecule has 0 amide bonds. The van der Waals surface area contributed by atoms with Gasteiger partial charge >= 0.3 is 0 Å². The summed E-state index contributed by atoms with van der Waals surface area (Å²) in [5.74, 6) is 0.389. The van der Waals surface area contributed by atoms with E-state index in [9.17, 15) is 0 Å². The Morgan fingerprint density at radius 1 is 0.733 bits per heavy atom. The minimum Gasteiger partial charge on any atom is -0.247 e. The maximum atomic E-state index is 5.35. The summed E-state index contributed by atoms with van der Waals surface area (Å²) in [5.41, 5.74) is 13.3. The third kappa shape index (κ3) is 6.71. The first-order valence-corrected chi connectivity index (χ1v) is 16.0. The number of rotatable bonds is 6. The summed E-state index contributed by atoms with van der Waals surface area (Å²) >= 11 is 0. The summed E-state index contributed by atoms with van der Waals surface area (Å²) < 4.78 is 0. The molecule has 2 nitrogen and oxygen atoms in total. The van der Waals surface area contributed by atoms with Crippen molar-refractivity contribution in [3.8, 4) is 0 Å². The van der Waals surface area contributed by atoms with E-state index in [1.54, 1.807) is 0 Å². The molecule has 1 atom stereocenters. The monoisotopic (exact) mass is 584 g/mol. The number of allylic oxidation sites excluding steroid dienone is 9. The van der Waals surface area contributed by atoms with Crippen LogP contribution in [0.5, 0.6) is 0 Å². The lowest BCUT2D eigenvalue weighted by molar-refractivity contribution is 0.781. The zero-order valence-corrected chi connectivity index (χ0v) is 26.3. The molecule has 2 aliphatic rings. The Bertz CT molecular complexity index is 1860. The van der Waals surface area contributed by atoms with Gasteiger partial charge in [-0.05, 0) is 72.9 Å². The number of para-hydroxylation sites is 2. The first kappa shape index (κ1) is 30.0. The summed E-state index contributed by atoms with van der Waals surface area (Å²) in [5, 5.41) is 0. The molecule has 0 saturated carbocycles. The molecule has 0 fully saturated rings. The zero-order chi connectivity index (χ0) is 31.0. The van der Waals surface area contributed by atoms with Gasteiger partial charge in [-0.25, -0.2) is 9.98 Å². The molecule has 2 aliphatic heterocycles. The van der Waals surface area contributed by atoms with Crippen molar-refractivity contribution in [3.05, 3.63) is 180 Å². The molecule has 6 rings (SSSR count). The van der Waals surface area contributed by atoms with Gasteiger partial charge in [0.1, 0.15) is 0 Å². The molecule has 0 spiro atoms. The molecule has 0 N–H and O–H groups in total. The van der Waals surface area contributed by atoms with Crippen LogP contribution in [-0.2, 0) is 6.42 Å². The van der Waals surface area contributed by atoms with Crippen LogP contribution in [0.1, 0.15) is 66.8 Å². The highest BCUT2D eigenvalue weighted by Gasteiger charge is 2.20. The van der Waals surface area contributed by atoms with E-state index in [1.165, 1.54) is 22.3 Å². The van der Waals surface area contributed by atoms with Crippen molar-refractivity contribution in [3.63, 3.8) is 0 Å². The minimum atomic E-state index is 0.389. The van der Waals surface area contributed by atoms with E-state index in [-0.39, 0.29) is 0 Å². The van der Waals surface area contributed by atoms with E-state index in [0.29, 0.717) is 5.92 Å². The average molecular weight is 585 g/mol. The van der Waals surface area contributed by atoms with E-state index in [2.05, 4.69) is 141 Å². The minimum absolute atomic E-state index is 0.389. The number of hydrogen-bond donors (Lipinski definition) is 0. The number of benzene rings is 4. The van der Waals surface area contributed by atoms with Crippen LogP contribution in [0.15, 0.2) is 162 Å². The first-order valence-electron chi connectivity index (χ1n) is 16.0. The second-order valence-corrected chi connectivity index (χ2v) is 11.7. The quantitative estimate of drug-likeness (QED) is 0.201. The van der Waals surface area contributed by atoms with Gasteiger partial charge < -0.3 is 0 Å². The van der Waals surface area contributed by atoms with Crippen LogP contribution in [0.25, 0.3) is 11.1 Å². The van der Waals surface area contributed by atoms with E-state index in [4.69, 9.17) is 9.98 Å². The van der Waals surface area contributed by atoms with Gasteiger partial charge in [0.2, 0.25) is 0 Å². The van der Waals surface area contributed by atoms with E-state index >= 15 is 0 Å². The van der Waals surface area contributed by atoms with Crippen molar-refractivity contribution >= 4 is 33.9 Å². The molecule has 4 aromatic rings. The predicted octanol–water partition coefficient (Wildman–Crippen LogP) is 11.6. The highest BCUT2D eigenvalue weighted by Crippen LogP contribution is 2.36. The largest absolute Gasteiger partial charge is 0.247 e. The third-order valence-corrected chi connectivity index (χ3v) is 8.62. The SMILES string of the molecule is C=C/C(=C\C=C/C)C1=Nc2ccccc2CCC/C=C/1c1ccc(C2=Nc3ccccc3C(C)C/C=C/2c2ccccc2)cc1. The standard InChI is InChI=1S/C43H40N2/c1-4-6-16-32(5-2)42-38(22-12-10-19-35-20-11-14-23-40(35)44-42)34-26-28-36(29-27-34)43-39(33-17-8-7-9-18-33)30-25-31(3)37-21-13-15-24-41(37)45-43/h4-9,11,13-18,20-24,26-31H,2,10,12,19,25H2,1,3H3/b6-4-,32-16+,38-22+,39-30+,44-42?,45-43?. The number of hydrogen-bond acceptors (Lipinski definition) is 2. The van der Waals surface area contributed by atoms with E-state index in [0.717, 1.165) is 70.8 Å². The summed E-state index contributed by atoms with van der Waals surface area (Å²) in [6.07, 6.45) is 16.8. The van der Waals surface area contributed by atoms with Crippen LogP contribution in [0.4, 0.5) is 11.4 Å². The first-order chi connectivity index (χ1) is 22.2. The fraction of sp³-hybridized carbons (Fsp3) is 0.163. The summed E-state index contributed by atoms with van der Waals surface area (Å²) in [4.78, 5) is 10.7. The van der Waals surface area contributed by atoms with Gasteiger partial charge in [0, 0.05) is 22.3 Å². The molecule has 0 aromatic heterocycles. The number of nitrogens with zero attached hydrogens (tertiary/aromatic N) is 2. The van der Waals surface area contributed by atoms with Gasteiger partial charge in [0.25, 0.3) is 0 Å². The van der Waals surface area contributed by atoms with Crippen molar-refractivity contribution < 1.29 is 0 Å². The molecule has 0 aliphatic carbocycles. The maximum absolute atomic E-state index is 5.35. The van der Waals surface area contributed by atoms with Crippen molar-refractivity contribution in [2.75, 3.05) is 0 Å². The molecule has 45 heavy (non-hydrogen) atoms. The number of aliphatic imine (C=N–C) groups is 2. The van der Waals surface area contributed by atoms with Crippen LogP contribution in [0.3, 0.4) is 0 Å². The molecule has 0 saturated heterocycles. The summed E-state index contributed by atoms with van der Waals surface area (Å²) in [6, 6.07) is 36.6. The molecule has 4 aromatic carbocycles. The molecule has 1 unspecified atom stereocenters. The second-order valence-electron chi connectivity index (χ2n) is 11.7. The Labute approximate surface area is 268 Å². The molecular weight excluding hydrogens is 544 g/mol. The Hall–Kier alpha value is -5.08. The maximum Gasteiger partial charge on any atom is 0.0784 e. The highest BCUT2D eigenvalue weighted by atomic mass is 14.8. The predicted molar refractivity (Wildman–Crippen MR) is 194 cm³/mol. The summed E-state index contributed by atoms with van der Waals surface area (Å²) in [7, 11) is 0. The molecular formula is C43H40N2. The Balaban J connectivity index is 1.48. The lowest BCUT2D eigenvalue weighted by Gasteiger charge is -2.21. The van der Waals surface area contributed by atoms with Gasteiger partial charge in [0.05, 0.1) is 22.8 Å². The van der Waals surface area contributed by atoms with E-state index in [1.807, 2.05) is 19.1 Å². The van der Waals surface area contributed by atoms with Gasteiger partial charge in [-0.3, -0.25) is 0 Å². The highest BCUT2D eigenvalue weighted by molar-refractivity contribution is 6.34. The van der Waals surface area contributed by atoms with Crippen LogP contribution in [-0.4, -0.2) is 11.4 Å². The van der Waals surface area contributed by atoms with E-state index < -0.39 is 0 Å².